The Morgan fingerprint density at radius 1 is 1.08 bits per heavy atom. The van der Waals surface area contributed by atoms with Gasteiger partial charge in [-0.15, -0.1) is 0 Å². The third-order valence-electron chi connectivity index (χ3n) is 5.59. The summed E-state index contributed by atoms with van der Waals surface area (Å²) in [5.74, 6) is 1.22. The van der Waals surface area contributed by atoms with E-state index in [0.717, 1.165) is 48.1 Å². The molecule has 4 rings (SSSR count). The van der Waals surface area contributed by atoms with Gasteiger partial charge in [-0.3, -0.25) is 9.69 Å². The molecular formula is C20H23NO3. The molecular weight excluding hydrogens is 302 g/mol. The number of piperidine rings is 1. The number of methoxy groups -OCH3 is 1. The first-order valence-corrected chi connectivity index (χ1v) is 8.57. The molecule has 2 bridgehead atoms. The molecule has 126 valence electrons. The molecule has 2 aliphatic rings. The van der Waals surface area contributed by atoms with E-state index in [1.807, 2.05) is 36.4 Å². The van der Waals surface area contributed by atoms with Gasteiger partial charge in [0.2, 0.25) is 0 Å². The molecule has 0 saturated carbocycles. The van der Waals surface area contributed by atoms with Crippen LogP contribution in [0.25, 0.3) is 10.8 Å². The number of rotatable bonds is 3. The highest BCUT2D eigenvalue weighted by molar-refractivity contribution is 6.01. The highest BCUT2D eigenvalue weighted by Gasteiger charge is 2.39. The van der Waals surface area contributed by atoms with Crippen LogP contribution in [0.3, 0.4) is 0 Å². The first-order valence-electron chi connectivity index (χ1n) is 8.57. The lowest BCUT2D eigenvalue weighted by Gasteiger charge is -2.46. The van der Waals surface area contributed by atoms with Crippen molar-refractivity contribution in [2.75, 3.05) is 27.4 Å². The lowest BCUT2D eigenvalue weighted by atomic mass is 9.81. The zero-order valence-electron chi connectivity index (χ0n) is 14.2. The third-order valence-corrected chi connectivity index (χ3v) is 5.59. The van der Waals surface area contributed by atoms with Crippen molar-refractivity contribution in [1.29, 1.82) is 0 Å². The number of fused-ring (bicyclic) bond motifs is 3. The Bertz CT molecular complexity index is 759. The minimum Gasteiger partial charge on any atom is -0.497 e. The monoisotopic (exact) mass is 325 g/mol. The Morgan fingerprint density at radius 3 is 2.46 bits per heavy atom. The summed E-state index contributed by atoms with van der Waals surface area (Å²) in [5.41, 5.74) is 0.821. The highest BCUT2D eigenvalue weighted by atomic mass is 16.5. The molecule has 0 spiro atoms. The fraction of sp³-hybridized carbons (Fsp3) is 0.450. The molecule has 0 radical (unpaired) electrons. The van der Waals surface area contributed by atoms with E-state index in [1.165, 1.54) is 0 Å². The van der Waals surface area contributed by atoms with Crippen LogP contribution in [0.4, 0.5) is 0 Å². The summed E-state index contributed by atoms with van der Waals surface area (Å²) in [6.07, 6.45) is 1.79. The summed E-state index contributed by atoms with van der Waals surface area (Å²) >= 11 is 0. The quantitative estimate of drug-likeness (QED) is 0.813. The third kappa shape index (κ3) is 2.70. The molecule has 2 heterocycles. The van der Waals surface area contributed by atoms with Crippen molar-refractivity contribution in [3.8, 4) is 5.75 Å². The van der Waals surface area contributed by atoms with Crippen molar-refractivity contribution in [2.24, 2.45) is 5.92 Å². The summed E-state index contributed by atoms with van der Waals surface area (Å²) in [5, 5.41) is 2.18. The zero-order chi connectivity index (χ0) is 16.7. The van der Waals surface area contributed by atoms with Crippen molar-refractivity contribution in [3.63, 3.8) is 0 Å². The minimum absolute atomic E-state index is 0.107. The van der Waals surface area contributed by atoms with Gasteiger partial charge in [-0.05, 0) is 48.9 Å². The maximum absolute atomic E-state index is 13.0. The second-order valence-corrected chi connectivity index (χ2v) is 6.97. The van der Waals surface area contributed by atoms with Crippen molar-refractivity contribution in [1.82, 2.24) is 4.90 Å². The summed E-state index contributed by atoms with van der Waals surface area (Å²) in [6.45, 7) is 1.49. The van der Waals surface area contributed by atoms with E-state index in [1.54, 1.807) is 7.11 Å². The molecule has 2 aromatic rings. The van der Waals surface area contributed by atoms with Crippen molar-refractivity contribution in [2.45, 2.75) is 24.9 Å². The molecule has 0 aromatic heterocycles. The van der Waals surface area contributed by atoms with E-state index in [4.69, 9.17) is 9.47 Å². The molecule has 0 amide bonds. The molecule has 0 aliphatic carbocycles. The average molecular weight is 325 g/mol. The van der Waals surface area contributed by atoms with Gasteiger partial charge in [0, 0.05) is 23.6 Å². The normalized spacial score (nSPS) is 27.2. The smallest absolute Gasteiger partial charge is 0.166 e. The predicted octanol–water partition coefficient (Wildman–Crippen LogP) is 3.14. The van der Waals surface area contributed by atoms with E-state index in [2.05, 4.69) is 11.9 Å². The number of morpholine rings is 1. The summed E-state index contributed by atoms with van der Waals surface area (Å²) in [4.78, 5) is 15.4. The van der Waals surface area contributed by atoms with Crippen LogP contribution in [0.5, 0.6) is 5.75 Å². The van der Waals surface area contributed by atoms with Crippen LogP contribution in [0, 0.1) is 5.92 Å². The fourth-order valence-electron chi connectivity index (χ4n) is 4.05. The van der Waals surface area contributed by atoms with E-state index >= 15 is 0 Å². The zero-order valence-corrected chi connectivity index (χ0v) is 14.2. The van der Waals surface area contributed by atoms with Crippen molar-refractivity contribution in [3.05, 3.63) is 42.0 Å². The standard InChI is InChI=1S/C20H23NO3/c1-21-17-8-16(9-18(21)12-24-11-17)20(22)15-4-3-14-10-19(23-2)6-5-13(14)7-15/h3-7,10,16-18H,8-9,11-12H2,1-2H3. The number of hydrogen-bond donors (Lipinski definition) is 0. The Morgan fingerprint density at radius 2 is 1.75 bits per heavy atom. The maximum Gasteiger partial charge on any atom is 0.166 e. The van der Waals surface area contributed by atoms with Gasteiger partial charge in [0.25, 0.3) is 0 Å². The van der Waals surface area contributed by atoms with Gasteiger partial charge in [-0.2, -0.15) is 0 Å². The second kappa shape index (κ2) is 6.19. The van der Waals surface area contributed by atoms with Gasteiger partial charge in [0.1, 0.15) is 5.75 Å². The predicted molar refractivity (Wildman–Crippen MR) is 93.7 cm³/mol. The summed E-state index contributed by atoms with van der Waals surface area (Å²) in [6, 6.07) is 12.7. The molecule has 24 heavy (non-hydrogen) atoms. The van der Waals surface area contributed by atoms with E-state index in [9.17, 15) is 4.79 Å². The number of likely N-dealkylation sites (N-methyl/N-ethyl adjacent to an activating group) is 1. The van der Waals surface area contributed by atoms with Crippen LogP contribution in [0.15, 0.2) is 36.4 Å². The number of benzene rings is 2. The first kappa shape index (κ1) is 15.6. The molecule has 4 heteroatoms. The van der Waals surface area contributed by atoms with Crippen LogP contribution in [0.1, 0.15) is 23.2 Å². The number of carbonyl (C=O) groups excluding carboxylic acids is 1. The molecule has 2 aliphatic heterocycles. The van der Waals surface area contributed by atoms with Crippen LogP contribution in [-0.2, 0) is 4.74 Å². The molecule has 0 N–H and O–H groups in total. The Kier molecular flexibility index (Phi) is 4.02. The van der Waals surface area contributed by atoms with Crippen LogP contribution in [0.2, 0.25) is 0 Å². The number of hydrogen-bond acceptors (Lipinski definition) is 4. The minimum atomic E-state index is 0.107. The Hall–Kier alpha value is -1.91. The largest absolute Gasteiger partial charge is 0.497 e. The second-order valence-electron chi connectivity index (χ2n) is 6.97. The van der Waals surface area contributed by atoms with Crippen LogP contribution in [-0.4, -0.2) is 50.1 Å². The number of carbonyl (C=O) groups is 1. The number of ether oxygens (including phenoxy) is 2. The maximum atomic E-state index is 13.0. The number of ketones is 1. The topological polar surface area (TPSA) is 38.8 Å². The number of Topliss-reactive ketones (excluding diaryl/α,β-unsaturated/α-hetero) is 1. The molecule has 2 atom stereocenters. The SMILES string of the molecule is COc1ccc2cc(C(=O)C3CC4COCC(C3)N4C)ccc2c1. The van der Waals surface area contributed by atoms with Gasteiger partial charge < -0.3 is 9.47 Å². The Balaban J connectivity index is 1.59. The van der Waals surface area contributed by atoms with Gasteiger partial charge in [0.05, 0.1) is 20.3 Å². The molecule has 2 saturated heterocycles. The lowest BCUT2D eigenvalue weighted by Crippen LogP contribution is -2.55. The van der Waals surface area contributed by atoms with Gasteiger partial charge in [-0.25, -0.2) is 0 Å². The summed E-state index contributed by atoms with van der Waals surface area (Å²) < 4.78 is 10.9. The van der Waals surface area contributed by atoms with E-state index in [0.29, 0.717) is 12.1 Å². The highest BCUT2D eigenvalue weighted by Crippen LogP contribution is 2.33. The van der Waals surface area contributed by atoms with Crippen LogP contribution >= 0.6 is 0 Å². The molecule has 2 aromatic carbocycles. The molecule has 2 unspecified atom stereocenters. The lowest BCUT2D eigenvalue weighted by molar-refractivity contribution is -0.0702. The Labute approximate surface area is 142 Å². The van der Waals surface area contributed by atoms with Gasteiger partial charge in [-0.1, -0.05) is 18.2 Å². The average Bonchev–Trinajstić information content (AvgIpc) is 2.60. The van der Waals surface area contributed by atoms with E-state index in [-0.39, 0.29) is 11.7 Å². The number of nitrogens with zero attached hydrogens (tertiary/aromatic N) is 1. The van der Waals surface area contributed by atoms with Crippen molar-refractivity contribution < 1.29 is 14.3 Å². The van der Waals surface area contributed by atoms with E-state index < -0.39 is 0 Å². The summed E-state index contributed by atoms with van der Waals surface area (Å²) in [7, 11) is 3.82. The van der Waals surface area contributed by atoms with Gasteiger partial charge in [0.15, 0.2) is 5.78 Å². The fourth-order valence-corrected chi connectivity index (χ4v) is 4.05. The van der Waals surface area contributed by atoms with Crippen LogP contribution < -0.4 is 4.74 Å². The van der Waals surface area contributed by atoms with Gasteiger partial charge >= 0.3 is 0 Å². The molecule has 2 fully saturated rings. The first-order chi connectivity index (χ1) is 11.7. The van der Waals surface area contributed by atoms with Crippen molar-refractivity contribution >= 4 is 16.6 Å². The molecule has 4 nitrogen and oxygen atoms in total.